The molecule has 2 aromatic carbocycles. The Kier molecular flexibility index (Phi) is 3.35. The van der Waals surface area contributed by atoms with Crippen LogP contribution < -0.4 is 0 Å². The van der Waals surface area contributed by atoms with Gasteiger partial charge in [0, 0.05) is 23.7 Å². The van der Waals surface area contributed by atoms with Gasteiger partial charge < -0.3 is 4.57 Å². The molecule has 1 aliphatic heterocycles. The monoisotopic (exact) mass is 368 g/mol. The van der Waals surface area contributed by atoms with Crippen molar-refractivity contribution >= 4 is 17.3 Å². The zero-order chi connectivity index (χ0) is 17.9. The molecule has 2 aliphatic rings. The molecule has 0 atom stereocenters. The molecule has 0 amide bonds. The fourth-order valence-corrected chi connectivity index (χ4v) is 4.23. The van der Waals surface area contributed by atoms with Crippen molar-refractivity contribution < 1.29 is 8.78 Å². The van der Waals surface area contributed by atoms with Crippen molar-refractivity contribution in [3.8, 4) is 5.69 Å². The second-order valence-corrected chi connectivity index (χ2v) is 7.16. The van der Waals surface area contributed by atoms with Gasteiger partial charge in [0.05, 0.1) is 28.7 Å². The predicted molar refractivity (Wildman–Crippen MR) is 98.8 cm³/mol. The Morgan fingerprint density at radius 1 is 1.04 bits per heavy atom. The van der Waals surface area contributed by atoms with Crippen LogP contribution in [-0.2, 0) is 18.9 Å². The lowest BCUT2D eigenvalue weighted by molar-refractivity contribution is -0.00183. The SMILES string of the molecule is FC1(F)CCc2cc(C3=NCc4cccc(Cl)c4-n4cccc43)ccc21. The summed E-state index contributed by atoms with van der Waals surface area (Å²) in [6.45, 7) is 0.500. The zero-order valence-corrected chi connectivity index (χ0v) is 14.6. The molecule has 5 rings (SSSR count). The zero-order valence-electron chi connectivity index (χ0n) is 13.8. The first-order valence-electron chi connectivity index (χ1n) is 8.56. The quantitative estimate of drug-likeness (QED) is 0.538. The van der Waals surface area contributed by atoms with Crippen molar-refractivity contribution in [2.45, 2.75) is 25.3 Å². The molecule has 0 N–H and O–H groups in total. The van der Waals surface area contributed by atoms with Gasteiger partial charge in [-0.1, -0.05) is 35.9 Å². The van der Waals surface area contributed by atoms with E-state index in [0.29, 0.717) is 23.6 Å². The lowest BCUT2D eigenvalue weighted by atomic mass is 10.0. The summed E-state index contributed by atoms with van der Waals surface area (Å²) >= 11 is 6.45. The third-order valence-electron chi connectivity index (χ3n) is 5.19. The summed E-state index contributed by atoms with van der Waals surface area (Å²) in [5.74, 6) is -2.72. The molecular formula is C21H15ClF2N2. The number of alkyl halides is 2. The van der Waals surface area contributed by atoms with E-state index >= 15 is 0 Å². The van der Waals surface area contributed by atoms with Gasteiger partial charge in [0.1, 0.15) is 0 Å². The molecule has 1 aliphatic carbocycles. The molecule has 0 bridgehead atoms. The van der Waals surface area contributed by atoms with Crippen molar-refractivity contribution in [1.82, 2.24) is 4.57 Å². The van der Waals surface area contributed by atoms with Crippen molar-refractivity contribution in [1.29, 1.82) is 0 Å². The Labute approximate surface area is 154 Å². The molecule has 0 radical (unpaired) electrons. The van der Waals surface area contributed by atoms with Crippen LogP contribution in [0.15, 0.2) is 59.7 Å². The van der Waals surface area contributed by atoms with Crippen LogP contribution in [0.4, 0.5) is 8.78 Å². The number of aliphatic imine (C=N–C) groups is 1. The van der Waals surface area contributed by atoms with Gasteiger partial charge in [-0.05, 0) is 41.8 Å². The number of fused-ring (bicyclic) bond motifs is 4. The van der Waals surface area contributed by atoms with Crippen LogP contribution in [0.5, 0.6) is 0 Å². The Bertz CT molecular complexity index is 1070. The summed E-state index contributed by atoms with van der Waals surface area (Å²) in [7, 11) is 0. The first kappa shape index (κ1) is 15.8. The van der Waals surface area contributed by atoms with Crippen LogP contribution in [0.25, 0.3) is 5.69 Å². The van der Waals surface area contributed by atoms with E-state index in [4.69, 9.17) is 16.6 Å². The van der Waals surface area contributed by atoms with E-state index < -0.39 is 5.92 Å². The van der Waals surface area contributed by atoms with Crippen LogP contribution in [0.1, 0.15) is 34.4 Å². The smallest absolute Gasteiger partial charge is 0.273 e. The molecule has 0 spiro atoms. The van der Waals surface area contributed by atoms with Gasteiger partial charge in [-0.25, -0.2) is 8.78 Å². The van der Waals surface area contributed by atoms with E-state index in [1.807, 2.05) is 47.2 Å². The first-order chi connectivity index (χ1) is 12.5. The van der Waals surface area contributed by atoms with Gasteiger partial charge in [-0.2, -0.15) is 0 Å². The number of halogens is 3. The molecule has 0 fully saturated rings. The minimum absolute atomic E-state index is 0.115. The van der Waals surface area contributed by atoms with E-state index in [1.165, 1.54) is 0 Å². The third kappa shape index (κ3) is 2.25. The number of nitrogens with zero attached hydrogens (tertiary/aromatic N) is 2. The van der Waals surface area contributed by atoms with Gasteiger partial charge in [-0.15, -0.1) is 0 Å². The summed E-state index contributed by atoms with van der Waals surface area (Å²) in [6, 6.07) is 14.9. The highest BCUT2D eigenvalue weighted by Gasteiger charge is 2.39. The maximum Gasteiger partial charge on any atom is 0.273 e. The van der Waals surface area contributed by atoms with E-state index in [-0.39, 0.29) is 12.0 Å². The lowest BCUT2D eigenvalue weighted by Crippen LogP contribution is -2.10. The normalized spacial score (nSPS) is 17.1. The summed E-state index contributed by atoms with van der Waals surface area (Å²) in [6.07, 6.45) is 2.24. The van der Waals surface area contributed by atoms with E-state index in [9.17, 15) is 8.78 Å². The number of rotatable bonds is 1. The number of benzene rings is 2. The average molecular weight is 369 g/mol. The molecular weight excluding hydrogens is 354 g/mol. The van der Waals surface area contributed by atoms with Gasteiger partial charge in [-0.3, -0.25) is 4.99 Å². The molecule has 0 saturated carbocycles. The third-order valence-corrected chi connectivity index (χ3v) is 5.50. The number of hydrogen-bond acceptors (Lipinski definition) is 1. The molecule has 5 heteroatoms. The minimum Gasteiger partial charge on any atom is -0.313 e. The summed E-state index contributed by atoms with van der Waals surface area (Å²) in [4.78, 5) is 4.80. The van der Waals surface area contributed by atoms with Gasteiger partial charge in [0.15, 0.2) is 0 Å². The molecule has 0 saturated heterocycles. The predicted octanol–water partition coefficient (Wildman–Crippen LogP) is 5.52. The Balaban J connectivity index is 1.67. The second-order valence-electron chi connectivity index (χ2n) is 6.75. The van der Waals surface area contributed by atoms with Crippen molar-refractivity contribution in [2.75, 3.05) is 0 Å². The summed E-state index contributed by atoms with van der Waals surface area (Å²) in [5.41, 5.74) is 5.43. The van der Waals surface area contributed by atoms with Crippen LogP contribution in [-0.4, -0.2) is 10.3 Å². The summed E-state index contributed by atoms with van der Waals surface area (Å²) in [5, 5.41) is 0.671. The van der Waals surface area contributed by atoms with Crippen LogP contribution in [0.3, 0.4) is 0 Å². The number of aryl methyl sites for hydroxylation is 1. The highest BCUT2D eigenvalue weighted by molar-refractivity contribution is 6.32. The highest BCUT2D eigenvalue weighted by Crippen LogP contribution is 2.42. The van der Waals surface area contributed by atoms with Crippen molar-refractivity contribution in [3.63, 3.8) is 0 Å². The largest absolute Gasteiger partial charge is 0.313 e. The van der Waals surface area contributed by atoms with E-state index in [2.05, 4.69) is 0 Å². The first-order valence-corrected chi connectivity index (χ1v) is 8.94. The van der Waals surface area contributed by atoms with E-state index in [0.717, 1.165) is 28.2 Å². The molecule has 2 heterocycles. The number of hydrogen-bond donors (Lipinski definition) is 0. The van der Waals surface area contributed by atoms with Crippen molar-refractivity contribution in [3.05, 3.63) is 87.7 Å². The summed E-state index contributed by atoms with van der Waals surface area (Å²) < 4.78 is 29.9. The standard InChI is InChI=1S/C21H15ClF2N2/c22-17-4-1-3-15-12-25-19(18-5-2-10-26(18)20(15)17)14-6-7-16-13(11-14)8-9-21(16,23)24/h1-7,10-11H,8-9,12H2. The number of aromatic nitrogens is 1. The molecule has 1 aromatic heterocycles. The van der Waals surface area contributed by atoms with Crippen LogP contribution in [0, 0.1) is 0 Å². The molecule has 130 valence electrons. The van der Waals surface area contributed by atoms with Crippen LogP contribution >= 0.6 is 11.6 Å². The average Bonchev–Trinajstić information content (AvgIpc) is 3.16. The minimum atomic E-state index is -2.72. The van der Waals surface area contributed by atoms with Gasteiger partial charge >= 0.3 is 0 Å². The molecule has 0 unspecified atom stereocenters. The molecule has 2 nitrogen and oxygen atoms in total. The number of para-hydroxylation sites is 1. The topological polar surface area (TPSA) is 17.3 Å². The van der Waals surface area contributed by atoms with Gasteiger partial charge in [0.25, 0.3) is 5.92 Å². The fourth-order valence-electron chi connectivity index (χ4n) is 3.94. The lowest BCUT2D eigenvalue weighted by Gasteiger charge is -2.13. The maximum absolute atomic E-state index is 13.9. The second kappa shape index (κ2) is 5.52. The Hall–Kier alpha value is -2.46. The molecule has 26 heavy (non-hydrogen) atoms. The maximum atomic E-state index is 13.9. The fraction of sp³-hybridized carbons (Fsp3) is 0.190. The highest BCUT2D eigenvalue weighted by atomic mass is 35.5. The van der Waals surface area contributed by atoms with Crippen LogP contribution in [0.2, 0.25) is 5.02 Å². The van der Waals surface area contributed by atoms with Crippen molar-refractivity contribution in [2.24, 2.45) is 4.99 Å². The Morgan fingerprint density at radius 2 is 1.92 bits per heavy atom. The Morgan fingerprint density at radius 3 is 2.81 bits per heavy atom. The van der Waals surface area contributed by atoms with E-state index in [1.54, 1.807) is 12.1 Å². The van der Waals surface area contributed by atoms with Gasteiger partial charge in [0.2, 0.25) is 0 Å². The molecule has 3 aromatic rings.